The Kier molecular flexibility index (Phi) is 6.63. The maximum absolute atomic E-state index is 11.9. The molecule has 138 valence electrons. The molecule has 0 N–H and O–H groups in total. The first kappa shape index (κ1) is 18.4. The number of rotatable bonds is 7. The third-order valence-corrected chi connectivity index (χ3v) is 4.55. The van der Waals surface area contributed by atoms with E-state index >= 15 is 0 Å². The van der Waals surface area contributed by atoms with Crippen LogP contribution in [0.3, 0.4) is 0 Å². The molecule has 1 aromatic heterocycles. The number of benzene rings is 1. The van der Waals surface area contributed by atoms with Crippen LogP contribution in [-0.4, -0.2) is 55.1 Å². The predicted molar refractivity (Wildman–Crippen MR) is 102 cm³/mol. The number of furan rings is 1. The van der Waals surface area contributed by atoms with Gasteiger partial charge in [0.1, 0.15) is 11.3 Å². The van der Waals surface area contributed by atoms with Gasteiger partial charge in [0.25, 0.3) is 0 Å². The Morgan fingerprint density at radius 1 is 1.12 bits per heavy atom. The van der Waals surface area contributed by atoms with Crippen LogP contribution in [0.5, 0.6) is 0 Å². The Morgan fingerprint density at radius 2 is 1.85 bits per heavy atom. The molecular weight excluding hydrogens is 328 g/mol. The van der Waals surface area contributed by atoms with Crippen molar-refractivity contribution in [1.29, 1.82) is 0 Å². The molecule has 2 heterocycles. The second kappa shape index (κ2) is 9.36. The third-order valence-electron chi connectivity index (χ3n) is 4.55. The Bertz CT molecular complexity index is 716. The van der Waals surface area contributed by atoms with Crippen molar-refractivity contribution in [1.82, 2.24) is 9.80 Å². The van der Waals surface area contributed by atoms with Crippen molar-refractivity contribution in [2.24, 2.45) is 0 Å². The van der Waals surface area contributed by atoms with E-state index in [1.165, 1.54) is 5.56 Å². The molecule has 0 aliphatic carbocycles. The molecule has 0 saturated carbocycles. The highest BCUT2D eigenvalue weighted by atomic mass is 16.5. The first-order chi connectivity index (χ1) is 12.8. The van der Waals surface area contributed by atoms with Crippen LogP contribution in [-0.2, 0) is 11.3 Å². The quantitative estimate of drug-likeness (QED) is 0.714. The average molecular weight is 354 g/mol. The number of nitrogens with zero attached hydrogens (tertiary/aromatic N) is 2. The largest absolute Gasteiger partial charge is 0.467 e. The topological polar surface area (TPSA) is 45.9 Å². The molecule has 3 rings (SSSR count). The molecule has 1 fully saturated rings. The zero-order valence-corrected chi connectivity index (χ0v) is 15.3. The van der Waals surface area contributed by atoms with Gasteiger partial charge in [-0.05, 0) is 18.6 Å². The van der Waals surface area contributed by atoms with Crippen molar-refractivity contribution < 1.29 is 13.9 Å². The predicted octanol–water partition coefficient (Wildman–Crippen LogP) is 3.29. The van der Waals surface area contributed by atoms with E-state index in [1.807, 2.05) is 13.0 Å². The molecule has 26 heavy (non-hydrogen) atoms. The van der Waals surface area contributed by atoms with Gasteiger partial charge in [-0.25, -0.2) is 4.79 Å². The molecule has 1 aliphatic rings. The van der Waals surface area contributed by atoms with E-state index in [-0.39, 0.29) is 5.97 Å². The summed E-state index contributed by atoms with van der Waals surface area (Å²) < 4.78 is 10.6. The lowest BCUT2D eigenvalue weighted by molar-refractivity contribution is 0.0520. The van der Waals surface area contributed by atoms with Gasteiger partial charge in [0.05, 0.1) is 19.4 Å². The van der Waals surface area contributed by atoms with Crippen molar-refractivity contribution in [2.45, 2.75) is 13.5 Å². The second-order valence-electron chi connectivity index (χ2n) is 6.37. The standard InChI is InChI=1S/C21H26N2O3/c1-2-25-21(24)19-10-16-26-20(19)17-23-14-12-22(13-15-23)11-6-9-18-7-4-3-5-8-18/h3-10,16H,2,11-15,17H2,1H3/b9-6+. The first-order valence-corrected chi connectivity index (χ1v) is 9.16. The van der Waals surface area contributed by atoms with Crippen molar-refractivity contribution >= 4 is 12.0 Å². The van der Waals surface area contributed by atoms with Gasteiger partial charge < -0.3 is 9.15 Å². The highest BCUT2D eigenvalue weighted by Gasteiger charge is 2.21. The van der Waals surface area contributed by atoms with Crippen molar-refractivity contribution in [3.8, 4) is 0 Å². The number of ether oxygens (including phenoxy) is 1. The van der Waals surface area contributed by atoms with Crippen LogP contribution in [0.25, 0.3) is 6.08 Å². The molecule has 0 amide bonds. The average Bonchev–Trinajstić information content (AvgIpc) is 3.12. The van der Waals surface area contributed by atoms with Gasteiger partial charge in [-0.2, -0.15) is 0 Å². The molecule has 5 heteroatoms. The first-order valence-electron chi connectivity index (χ1n) is 9.16. The van der Waals surface area contributed by atoms with E-state index in [4.69, 9.17) is 9.15 Å². The lowest BCUT2D eigenvalue weighted by Crippen LogP contribution is -2.45. The monoisotopic (exact) mass is 354 g/mol. The fourth-order valence-corrected chi connectivity index (χ4v) is 3.09. The molecule has 5 nitrogen and oxygen atoms in total. The molecular formula is C21H26N2O3. The van der Waals surface area contributed by atoms with Crippen molar-refractivity contribution in [2.75, 3.05) is 39.3 Å². The van der Waals surface area contributed by atoms with E-state index in [2.05, 4.69) is 46.2 Å². The van der Waals surface area contributed by atoms with Gasteiger partial charge in [-0.15, -0.1) is 0 Å². The Labute approximate surface area is 154 Å². The van der Waals surface area contributed by atoms with Crippen LogP contribution in [0.15, 0.2) is 53.2 Å². The molecule has 0 radical (unpaired) electrons. The number of carbonyl (C=O) groups is 1. The summed E-state index contributed by atoms with van der Waals surface area (Å²) in [6.45, 7) is 7.72. The highest BCUT2D eigenvalue weighted by molar-refractivity contribution is 5.90. The number of hydrogen-bond donors (Lipinski definition) is 0. The second-order valence-corrected chi connectivity index (χ2v) is 6.37. The third kappa shape index (κ3) is 5.07. The summed E-state index contributed by atoms with van der Waals surface area (Å²) in [5, 5.41) is 0. The summed E-state index contributed by atoms with van der Waals surface area (Å²) in [5.41, 5.74) is 1.77. The van der Waals surface area contributed by atoms with E-state index < -0.39 is 0 Å². The molecule has 1 aliphatic heterocycles. The van der Waals surface area contributed by atoms with Crippen molar-refractivity contribution in [3.05, 3.63) is 65.6 Å². The van der Waals surface area contributed by atoms with E-state index in [9.17, 15) is 4.79 Å². The van der Waals surface area contributed by atoms with E-state index in [0.717, 1.165) is 32.7 Å². The van der Waals surface area contributed by atoms with Crippen LogP contribution < -0.4 is 0 Å². The van der Waals surface area contributed by atoms with Gasteiger partial charge >= 0.3 is 5.97 Å². The normalized spacial score (nSPS) is 16.2. The summed E-state index contributed by atoms with van der Waals surface area (Å²) in [7, 11) is 0. The molecule has 2 aromatic rings. The van der Waals surface area contributed by atoms with Gasteiger partial charge in [0.2, 0.25) is 0 Å². The molecule has 0 atom stereocenters. The Balaban J connectivity index is 1.45. The fraction of sp³-hybridized carbons (Fsp3) is 0.381. The Morgan fingerprint density at radius 3 is 2.58 bits per heavy atom. The minimum absolute atomic E-state index is 0.305. The molecule has 1 saturated heterocycles. The summed E-state index contributed by atoms with van der Waals surface area (Å²) in [5.74, 6) is 0.391. The summed E-state index contributed by atoms with van der Waals surface area (Å²) >= 11 is 0. The van der Waals surface area contributed by atoms with Crippen LogP contribution in [0, 0.1) is 0 Å². The maximum Gasteiger partial charge on any atom is 0.341 e. The molecule has 0 bridgehead atoms. The van der Waals surface area contributed by atoms with Crippen LogP contribution >= 0.6 is 0 Å². The number of esters is 1. The maximum atomic E-state index is 11.9. The SMILES string of the molecule is CCOC(=O)c1ccoc1CN1CCN(C/C=C/c2ccccc2)CC1. The molecule has 0 unspecified atom stereocenters. The lowest BCUT2D eigenvalue weighted by atomic mass is 10.2. The van der Waals surface area contributed by atoms with E-state index in [0.29, 0.717) is 24.5 Å². The lowest BCUT2D eigenvalue weighted by Gasteiger charge is -2.33. The fourth-order valence-electron chi connectivity index (χ4n) is 3.09. The Hall–Kier alpha value is -2.37. The summed E-state index contributed by atoms with van der Waals surface area (Å²) in [4.78, 5) is 16.7. The van der Waals surface area contributed by atoms with Gasteiger partial charge in [-0.1, -0.05) is 42.5 Å². The smallest absolute Gasteiger partial charge is 0.341 e. The number of carbonyl (C=O) groups excluding carboxylic acids is 1. The van der Waals surface area contributed by atoms with E-state index in [1.54, 1.807) is 12.3 Å². The van der Waals surface area contributed by atoms with Crippen LogP contribution in [0.4, 0.5) is 0 Å². The summed E-state index contributed by atoms with van der Waals surface area (Å²) in [6, 6.07) is 12.0. The minimum atomic E-state index is -0.305. The highest BCUT2D eigenvalue weighted by Crippen LogP contribution is 2.16. The molecule has 1 aromatic carbocycles. The van der Waals surface area contributed by atoms with Gasteiger partial charge in [0.15, 0.2) is 0 Å². The van der Waals surface area contributed by atoms with Gasteiger partial charge in [0, 0.05) is 32.7 Å². The molecule has 0 spiro atoms. The van der Waals surface area contributed by atoms with Gasteiger partial charge in [-0.3, -0.25) is 9.80 Å². The number of piperazine rings is 1. The van der Waals surface area contributed by atoms with Crippen LogP contribution in [0.2, 0.25) is 0 Å². The zero-order valence-electron chi connectivity index (χ0n) is 15.3. The summed E-state index contributed by atoms with van der Waals surface area (Å²) in [6.07, 6.45) is 5.95. The zero-order chi connectivity index (χ0) is 18.2. The number of hydrogen-bond acceptors (Lipinski definition) is 5. The minimum Gasteiger partial charge on any atom is -0.467 e. The van der Waals surface area contributed by atoms with Crippen LogP contribution in [0.1, 0.15) is 28.6 Å². The van der Waals surface area contributed by atoms with Crippen molar-refractivity contribution in [3.63, 3.8) is 0 Å².